The second-order valence-electron chi connectivity index (χ2n) is 6.91. The molecule has 0 saturated carbocycles. The lowest BCUT2D eigenvalue weighted by Crippen LogP contribution is -2.50. The molecule has 0 aromatic carbocycles. The van der Waals surface area contributed by atoms with E-state index < -0.39 is 0 Å². The van der Waals surface area contributed by atoms with Gasteiger partial charge in [0, 0.05) is 43.1 Å². The summed E-state index contributed by atoms with van der Waals surface area (Å²) in [7, 11) is 0. The van der Waals surface area contributed by atoms with Crippen molar-refractivity contribution in [2.45, 2.75) is 26.3 Å². The molecule has 2 aliphatic rings. The summed E-state index contributed by atoms with van der Waals surface area (Å²) in [6.07, 6.45) is 2.81. The number of aryl methyl sites for hydroxylation is 2. The van der Waals surface area contributed by atoms with Crippen LogP contribution in [0.2, 0.25) is 0 Å². The van der Waals surface area contributed by atoms with Gasteiger partial charge in [-0.1, -0.05) is 0 Å². The summed E-state index contributed by atoms with van der Waals surface area (Å²) in [5.41, 5.74) is 1.29. The molecule has 2 aromatic rings. The number of rotatable bonds is 5. The number of hydrogen-bond acceptors (Lipinski definition) is 7. The minimum atomic E-state index is 0.455. The predicted molar refractivity (Wildman–Crippen MR) is 100 cm³/mol. The fraction of sp³-hybridized carbons (Fsp3) is 0.667. The molecular formula is C18H26N4O2S. The Balaban J connectivity index is 1.54. The Hall–Kier alpha value is -1.28. The predicted octanol–water partition coefficient (Wildman–Crippen LogP) is 2.46. The highest BCUT2D eigenvalue weighted by Gasteiger charge is 2.31. The minimum Gasteiger partial charge on any atom is -0.381 e. The van der Waals surface area contributed by atoms with Gasteiger partial charge < -0.3 is 14.8 Å². The maximum absolute atomic E-state index is 5.66. The van der Waals surface area contributed by atoms with Crippen LogP contribution in [0.1, 0.15) is 16.9 Å². The van der Waals surface area contributed by atoms with E-state index in [0.717, 1.165) is 63.1 Å². The molecule has 1 N–H and O–H groups in total. The average molecular weight is 362 g/mol. The Morgan fingerprint density at radius 2 is 2.08 bits per heavy atom. The van der Waals surface area contributed by atoms with E-state index in [9.17, 15) is 0 Å². The fourth-order valence-electron chi connectivity index (χ4n) is 3.88. The molecule has 4 rings (SSSR count). The lowest BCUT2D eigenvalue weighted by molar-refractivity contribution is 0.00460. The molecular weight excluding hydrogens is 336 g/mol. The quantitative estimate of drug-likeness (QED) is 0.882. The molecule has 0 amide bonds. The van der Waals surface area contributed by atoms with Crippen molar-refractivity contribution < 1.29 is 9.47 Å². The van der Waals surface area contributed by atoms with Crippen LogP contribution in [0.4, 0.5) is 5.82 Å². The summed E-state index contributed by atoms with van der Waals surface area (Å²) in [5, 5.41) is 4.81. The standard InChI is InChI=1S/C18H26N4O2S/c1-12-13(2)25-18-16(12)17(20-11-21-18)19-9-15(14-3-6-24-10-14)22-4-7-23-8-5-22/h11,14-15H,3-10H2,1-2H3,(H,19,20,21). The van der Waals surface area contributed by atoms with Gasteiger partial charge in [0.1, 0.15) is 17.0 Å². The highest BCUT2D eigenvalue weighted by molar-refractivity contribution is 7.18. The number of nitrogens with one attached hydrogen (secondary N) is 1. The molecule has 25 heavy (non-hydrogen) atoms. The van der Waals surface area contributed by atoms with Gasteiger partial charge in [0.05, 0.1) is 25.2 Å². The van der Waals surface area contributed by atoms with Crippen LogP contribution in [0.25, 0.3) is 10.2 Å². The molecule has 0 spiro atoms. The Bertz CT molecular complexity index is 723. The summed E-state index contributed by atoms with van der Waals surface area (Å²) in [6, 6.07) is 0.455. The summed E-state index contributed by atoms with van der Waals surface area (Å²) in [4.78, 5) is 13.9. The highest BCUT2D eigenvalue weighted by Crippen LogP contribution is 2.33. The second-order valence-corrected chi connectivity index (χ2v) is 8.11. The first-order valence-corrected chi connectivity index (χ1v) is 9.90. The average Bonchev–Trinajstić information content (AvgIpc) is 3.26. The molecule has 2 aromatic heterocycles. The van der Waals surface area contributed by atoms with Crippen LogP contribution in [0.5, 0.6) is 0 Å². The summed E-state index contributed by atoms with van der Waals surface area (Å²) in [6.45, 7) is 10.6. The third kappa shape index (κ3) is 3.51. The Morgan fingerprint density at radius 3 is 2.84 bits per heavy atom. The SMILES string of the molecule is Cc1sc2ncnc(NCC(C3CCOC3)N3CCOCC3)c2c1C. The van der Waals surface area contributed by atoms with Crippen LogP contribution in [-0.2, 0) is 9.47 Å². The van der Waals surface area contributed by atoms with Crippen LogP contribution >= 0.6 is 11.3 Å². The summed E-state index contributed by atoms with van der Waals surface area (Å²) in [5.74, 6) is 1.54. The zero-order valence-electron chi connectivity index (χ0n) is 15.0. The van der Waals surface area contributed by atoms with E-state index in [1.807, 2.05) is 0 Å². The molecule has 0 aliphatic carbocycles. The third-order valence-electron chi connectivity index (χ3n) is 5.47. The van der Waals surface area contributed by atoms with Gasteiger partial charge >= 0.3 is 0 Å². The molecule has 2 fully saturated rings. The molecule has 2 saturated heterocycles. The highest BCUT2D eigenvalue weighted by atomic mass is 32.1. The first-order valence-electron chi connectivity index (χ1n) is 9.08. The van der Waals surface area contributed by atoms with Crippen LogP contribution in [-0.4, -0.2) is 67.0 Å². The molecule has 0 radical (unpaired) electrons. The molecule has 136 valence electrons. The second kappa shape index (κ2) is 7.53. The summed E-state index contributed by atoms with van der Waals surface area (Å²) < 4.78 is 11.2. The Labute approximate surface area is 152 Å². The number of ether oxygens (including phenoxy) is 2. The maximum Gasteiger partial charge on any atom is 0.138 e. The van der Waals surface area contributed by atoms with Gasteiger partial charge in [-0.25, -0.2) is 9.97 Å². The van der Waals surface area contributed by atoms with Crippen LogP contribution in [0, 0.1) is 19.8 Å². The van der Waals surface area contributed by atoms with E-state index in [-0.39, 0.29) is 0 Å². The zero-order valence-corrected chi connectivity index (χ0v) is 15.8. The zero-order chi connectivity index (χ0) is 17.2. The van der Waals surface area contributed by atoms with E-state index in [4.69, 9.17) is 9.47 Å². The van der Waals surface area contributed by atoms with Crippen molar-refractivity contribution in [3.63, 3.8) is 0 Å². The topological polar surface area (TPSA) is 59.5 Å². The van der Waals surface area contributed by atoms with E-state index in [2.05, 4.69) is 34.0 Å². The molecule has 2 unspecified atom stereocenters. The molecule has 0 bridgehead atoms. The number of thiophene rings is 1. The lowest BCUT2D eigenvalue weighted by Gasteiger charge is -2.37. The van der Waals surface area contributed by atoms with Gasteiger partial charge in [-0.05, 0) is 25.8 Å². The first-order chi connectivity index (χ1) is 12.2. The maximum atomic E-state index is 5.66. The van der Waals surface area contributed by atoms with Crippen molar-refractivity contribution in [2.24, 2.45) is 5.92 Å². The molecule has 6 nitrogen and oxygen atoms in total. The van der Waals surface area contributed by atoms with Gasteiger partial charge in [-0.3, -0.25) is 4.90 Å². The minimum absolute atomic E-state index is 0.455. The number of anilines is 1. The number of fused-ring (bicyclic) bond motifs is 1. The number of hydrogen-bond donors (Lipinski definition) is 1. The molecule has 2 atom stereocenters. The van der Waals surface area contributed by atoms with Crippen molar-refractivity contribution in [2.75, 3.05) is 51.4 Å². The van der Waals surface area contributed by atoms with Gasteiger partial charge in [0.25, 0.3) is 0 Å². The van der Waals surface area contributed by atoms with Crippen LogP contribution in [0.15, 0.2) is 6.33 Å². The van der Waals surface area contributed by atoms with Gasteiger partial charge in [-0.15, -0.1) is 11.3 Å². The van der Waals surface area contributed by atoms with Crippen molar-refractivity contribution in [3.05, 3.63) is 16.8 Å². The van der Waals surface area contributed by atoms with Crippen molar-refractivity contribution in [1.29, 1.82) is 0 Å². The van der Waals surface area contributed by atoms with Gasteiger partial charge in [0.2, 0.25) is 0 Å². The van der Waals surface area contributed by atoms with E-state index >= 15 is 0 Å². The van der Waals surface area contributed by atoms with Gasteiger partial charge in [0.15, 0.2) is 0 Å². The van der Waals surface area contributed by atoms with E-state index in [0.29, 0.717) is 12.0 Å². The number of morpholine rings is 1. The Morgan fingerprint density at radius 1 is 1.24 bits per heavy atom. The Kier molecular flexibility index (Phi) is 5.17. The largest absolute Gasteiger partial charge is 0.381 e. The van der Waals surface area contributed by atoms with Gasteiger partial charge in [-0.2, -0.15) is 0 Å². The van der Waals surface area contributed by atoms with Crippen LogP contribution in [0.3, 0.4) is 0 Å². The monoisotopic (exact) mass is 362 g/mol. The molecule has 7 heteroatoms. The fourth-order valence-corrected chi connectivity index (χ4v) is 4.87. The van der Waals surface area contributed by atoms with Crippen molar-refractivity contribution in [3.8, 4) is 0 Å². The van der Waals surface area contributed by atoms with Crippen LogP contribution < -0.4 is 5.32 Å². The molecule has 4 heterocycles. The van der Waals surface area contributed by atoms with Crippen molar-refractivity contribution in [1.82, 2.24) is 14.9 Å². The van der Waals surface area contributed by atoms with E-state index in [1.165, 1.54) is 15.8 Å². The smallest absolute Gasteiger partial charge is 0.138 e. The number of aromatic nitrogens is 2. The number of nitrogens with zero attached hydrogens (tertiary/aromatic N) is 3. The first kappa shape index (κ1) is 17.1. The third-order valence-corrected chi connectivity index (χ3v) is 6.58. The summed E-state index contributed by atoms with van der Waals surface area (Å²) >= 11 is 1.74. The normalized spacial score (nSPS) is 23.2. The lowest BCUT2D eigenvalue weighted by atomic mass is 9.97. The molecule has 2 aliphatic heterocycles. The van der Waals surface area contributed by atoms with E-state index in [1.54, 1.807) is 17.7 Å². The van der Waals surface area contributed by atoms with Crippen molar-refractivity contribution >= 4 is 27.4 Å².